The highest BCUT2D eigenvalue weighted by Crippen LogP contribution is 2.48. The smallest absolute Gasteiger partial charge is 0.147 e. The molecule has 0 atom stereocenters. The molecule has 80 heavy (non-hydrogen) atoms. The fraction of sp³-hybridized carbons (Fsp3) is 0.0811. The number of rotatable bonds is 7. The lowest BCUT2D eigenvalue weighted by molar-refractivity contribution is 0.658. The first kappa shape index (κ1) is 46.1. The number of fused-ring (bicyclic) bond motifs is 14. The number of hydrogen-bond acceptors (Lipinski definition) is 6. The molecule has 0 saturated carbocycles. The minimum absolute atomic E-state index is 0.801. The van der Waals surface area contributed by atoms with E-state index in [0.717, 1.165) is 155 Å². The van der Waals surface area contributed by atoms with Crippen molar-refractivity contribution in [1.29, 1.82) is 0 Å². The molecule has 16 rings (SSSR count). The molecule has 12 aromatic carbocycles. The zero-order valence-corrected chi connectivity index (χ0v) is 45.2. The summed E-state index contributed by atoms with van der Waals surface area (Å²) in [5, 5.41) is 13.0. The van der Waals surface area contributed by atoms with Crippen molar-refractivity contribution < 1.29 is 17.7 Å². The molecule has 0 fully saturated rings. The van der Waals surface area contributed by atoms with Gasteiger partial charge in [0.05, 0.1) is 5.56 Å². The van der Waals surface area contributed by atoms with Crippen molar-refractivity contribution >= 4 is 143 Å². The molecule has 0 aliphatic rings. The Morgan fingerprint density at radius 1 is 0.250 bits per heavy atom. The van der Waals surface area contributed by atoms with Crippen LogP contribution in [0.1, 0.15) is 33.4 Å². The third-order valence-corrected chi connectivity index (χ3v) is 17.2. The number of anilines is 6. The van der Waals surface area contributed by atoms with Crippen molar-refractivity contribution in [3.8, 4) is 11.1 Å². The maximum Gasteiger partial charge on any atom is 0.147 e. The molecule has 0 aliphatic carbocycles. The van der Waals surface area contributed by atoms with Gasteiger partial charge in [-0.05, 0) is 229 Å². The van der Waals surface area contributed by atoms with E-state index in [2.05, 4.69) is 233 Å². The summed E-state index contributed by atoms with van der Waals surface area (Å²) in [6, 6.07) is 74.2. The summed E-state index contributed by atoms with van der Waals surface area (Å²) in [5.74, 6) is 0. The first-order chi connectivity index (χ1) is 39.1. The Bertz CT molecular complexity index is 4930. The lowest BCUT2D eigenvalue weighted by Crippen LogP contribution is -2.11. The van der Waals surface area contributed by atoms with Crippen LogP contribution in [0.15, 0.2) is 224 Å². The summed E-state index contributed by atoms with van der Waals surface area (Å²) in [4.78, 5) is 4.73. The first-order valence-corrected chi connectivity index (χ1v) is 27.4. The topological polar surface area (TPSA) is 59.0 Å². The molecule has 0 aliphatic heterocycles. The second kappa shape index (κ2) is 17.2. The largest absolute Gasteiger partial charge is 0.456 e. The Morgan fingerprint density at radius 3 is 1.10 bits per heavy atom. The van der Waals surface area contributed by atoms with Gasteiger partial charge in [-0.1, -0.05) is 78.9 Å². The first-order valence-electron chi connectivity index (χ1n) is 27.4. The molecular weight excluding hydrogens is 981 g/mol. The van der Waals surface area contributed by atoms with E-state index in [9.17, 15) is 0 Å². The fourth-order valence-corrected chi connectivity index (χ4v) is 12.6. The average Bonchev–Trinajstić information content (AvgIpc) is 4.39. The second-order valence-electron chi connectivity index (χ2n) is 22.0. The van der Waals surface area contributed by atoms with E-state index in [4.69, 9.17) is 17.7 Å². The van der Waals surface area contributed by atoms with E-state index >= 15 is 0 Å². The predicted octanol–water partition coefficient (Wildman–Crippen LogP) is 22.0. The minimum Gasteiger partial charge on any atom is -0.456 e. The monoisotopic (exact) mass is 1030 g/mol. The zero-order chi connectivity index (χ0) is 53.7. The van der Waals surface area contributed by atoms with Gasteiger partial charge in [0.1, 0.15) is 44.7 Å². The molecule has 6 heteroatoms. The number of aryl methyl sites for hydroxylation is 4. The van der Waals surface area contributed by atoms with Crippen LogP contribution < -0.4 is 9.80 Å². The maximum atomic E-state index is 7.12. The summed E-state index contributed by atoms with van der Waals surface area (Å²) in [6.45, 7) is 13.2. The van der Waals surface area contributed by atoms with Crippen LogP contribution in [-0.4, -0.2) is 0 Å². The summed E-state index contributed by atoms with van der Waals surface area (Å²) in [6.07, 6.45) is 0. The molecule has 0 amide bonds. The van der Waals surface area contributed by atoms with Crippen LogP contribution in [-0.2, 0) is 0 Å². The van der Waals surface area contributed by atoms with Crippen LogP contribution >= 0.6 is 0 Å². The molecule has 0 N–H and O–H groups in total. The highest BCUT2D eigenvalue weighted by Gasteiger charge is 2.24. The highest BCUT2D eigenvalue weighted by atomic mass is 16.3. The van der Waals surface area contributed by atoms with Crippen LogP contribution in [0.2, 0.25) is 0 Å². The van der Waals surface area contributed by atoms with Gasteiger partial charge in [-0.25, -0.2) is 0 Å². The lowest BCUT2D eigenvalue weighted by atomic mass is 9.97. The van der Waals surface area contributed by atoms with Crippen molar-refractivity contribution in [2.24, 2.45) is 0 Å². The Balaban J connectivity index is 0.852. The average molecular weight is 1030 g/mol. The van der Waals surface area contributed by atoms with Crippen LogP contribution in [0.25, 0.3) is 120 Å². The standard InChI is InChI=1S/C74H52N2O4/c1-41-28-56(29-42(2)45(41)5)75(54-24-26-68-62(38-54)58-16-10-12-18-66(58)77-68)52-22-20-48-34-60-64-40-65-61-35-49-21-23-53(33-51(49)37-71(61)80-74(65)72(47-14-8-7-9-15-47)73(64)79-70(60)36-50(48)32-52)76(57-30-43(3)46(6)44(4)31-57)55-25-27-69-63(39-55)59-17-11-13-19-67(59)78-69/h7-40H,1-6H3. The second-order valence-corrected chi connectivity index (χ2v) is 22.0. The Hall–Kier alpha value is -10.0. The maximum absolute atomic E-state index is 7.12. The van der Waals surface area contributed by atoms with Gasteiger partial charge in [-0.2, -0.15) is 0 Å². The Kier molecular flexibility index (Phi) is 9.93. The van der Waals surface area contributed by atoms with E-state index in [1.165, 1.54) is 33.4 Å². The van der Waals surface area contributed by atoms with E-state index < -0.39 is 0 Å². The normalized spacial score (nSPS) is 12.1. The van der Waals surface area contributed by atoms with Crippen molar-refractivity contribution in [2.45, 2.75) is 41.5 Å². The van der Waals surface area contributed by atoms with Gasteiger partial charge >= 0.3 is 0 Å². The summed E-state index contributed by atoms with van der Waals surface area (Å²) in [7, 11) is 0. The molecular formula is C74H52N2O4. The Morgan fingerprint density at radius 2 is 0.637 bits per heavy atom. The van der Waals surface area contributed by atoms with Crippen molar-refractivity contribution in [3.63, 3.8) is 0 Å². The van der Waals surface area contributed by atoms with Crippen molar-refractivity contribution in [1.82, 2.24) is 0 Å². The number of para-hydroxylation sites is 2. The molecule has 16 aromatic rings. The van der Waals surface area contributed by atoms with Crippen LogP contribution in [0.3, 0.4) is 0 Å². The summed E-state index contributed by atoms with van der Waals surface area (Å²) >= 11 is 0. The quantitative estimate of drug-likeness (QED) is 0.159. The van der Waals surface area contributed by atoms with Crippen molar-refractivity contribution in [2.75, 3.05) is 9.80 Å². The SMILES string of the molecule is Cc1cc(N(c2ccc3cc4c(cc3c2)oc2c(-c3ccccc3)c3oc5cc6cc(N(c7cc(C)c(C)c(C)c7)c7ccc8oc9ccccc9c8c7)ccc6cc5c3cc24)c2ccc3oc4ccccc4c3c2)cc(C)c1C. The van der Waals surface area contributed by atoms with Gasteiger partial charge in [0.2, 0.25) is 0 Å². The number of hydrogen-bond donors (Lipinski definition) is 0. The molecule has 0 bridgehead atoms. The minimum atomic E-state index is 0.801. The predicted molar refractivity (Wildman–Crippen MR) is 334 cm³/mol. The molecule has 6 nitrogen and oxygen atoms in total. The fourth-order valence-electron chi connectivity index (χ4n) is 12.6. The molecule has 0 radical (unpaired) electrons. The molecule has 0 saturated heterocycles. The number of nitrogens with zero attached hydrogens (tertiary/aromatic N) is 2. The zero-order valence-electron chi connectivity index (χ0n) is 45.2. The van der Waals surface area contributed by atoms with Crippen LogP contribution in [0, 0.1) is 41.5 Å². The van der Waals surface area contributed by atoms with Crippen LogP contribution in [0.5, 0.6) is 0 Å². The van der Waals surface area contributed by atoms with Gasteiger partial charge in [-0.15, -0.1) is 0 Å². The third kappa shape index (κ3) is 7.05. The van der Waals surface area contributed by atoms with E-state index in [1.807, 2.05) is 24.3 Å². The van der Waals surface area contributed by atoms with E-state index in [0.29, 0.717) is 0 Å². The third-order valence-electron chi connectivity index (χ3n) is 17.2. The van der Waals surface area contributed by atoms with Gasteiger partial charge < -0.3 is 27.5 Å². The number of benzene rings is 12. The van der Waals surface area contributed by atoms with Gasteiger partial charge in [0, 0.05) is 77.2 Å². The van der Waals surface area contributed by atoms with Crippen molar-refractivity contribution in [3.05, 3.63) is 240 Å². The number of furan rings is 4. The molecule has 0 unspecified atom stereocenters. The van der Waals surface area contributed by atoms with E-state index in [1.54, 1.807) is 0 Å². The highest BCUT2D eigenvalue weighted by molar-refractivity contribution is 6.24. The Labute approximate surface area is 460 Å². The molecule has 382 valence electrons. The van der Waals surface area contributed by atoms with Gasteiger partial charge in [0.25, 0.3) is 0 Å². The molecule has 4 aromatic heterocycles. The van der Waals surface area contributed by atoms with E-state index in [-0.39, 0.29) is 0 Å². The molecule has 4 heterocycles. The van der Waals surface area contributed by atoms with Crippen LogP contribution in [0.4, 0.5) is 34.1 Å². The van der Waals surface area contributed by atoms with Gasteiger partial charge in [-0.3, -0.25) is 0 Å². The summed E-state index contributed by atoms with van der Waals surface area (Å²) in [5.41, 5.74) is 22.7. The molecule has 0 spiro atoms. The lowest BCUT2D eigenvalue weighted by Gasteiger charge is -2.27. The van der Waals surface area contributed by atoms with Gasteiger partial charge in [0.15, 0.2) is 0 Å². The summed E-state index contributed by atoms with van der Waals surface area (Å²) < 4.78 is 26.8.